The molecular formula is C15H23NO3. The maximum absolute atomic E-state index is 11.8. The number of amides is 1. The van der Waals surface area contributed by atoms with Gasteiger partial charge in [0.25, 0.3) is 5.91 Å². The molecule has 2 N–H and O–H groups in total. The summed E-state index contributed by atoms with van der Waals surface area (Å²) in [5.41, 5.74) is 1.74. The summed E-state index contributed by atoms with van der Waals surface area (Å²) >= 11 is 0. The van der Waals surface area contributed by atoms with Crippen molar-refractivity contribution in [2.75, 3.05) is 0 Å². The molecule has 0 aromatic heterocycles. The van der Waals surface area contributed by atoms with E-state index in [4.69, 9.17) is 4.74 Å². The Kier molecular flexibility index (Phi) is 5.36. The standard InChI is InChI=1S/C15H23NO3/c1-9(2)16-15(18)12(5)19-14-7-6-10(3)8-13(14)11(4)17/h6-9,11-12,17H,1-5H3,(H,16,18). The maximum Gasteiger partial charge on any atom is 0.260 e. The fourth-order valence-electron chi connectivity index (χ4n) is 1.75. The number of rotatable bonds is 5. The van der Waals surface area contributed by atoms with Crippen LogP contribution >= 0.6 is 0 Å². The molecule has 1 aromatic rings. The van der Waals surface area contributed by atoms with Crippen LogP contribution in [0.4, 0.5) is 0 Å². The van der Waals surface area contributed by atoms with Crippen LogP contribution in [0.15, 0.2) is 18.2 Å². The third-order valence-electron chi connectivity index (χ3n) is 2.72. The molecule has 1 amide bonds. The van der Waals surface area contributed by atoms with Crippen LogP contribution in [0.25, 0.3) is 0 Å². The molecule has 106 valence electrons. The molecule has 19 heavy (non-hydrogen) atoms. The largest absolute Gasteiger partial charge is 0.481 e. The van der Waals surface area contributed by atoms with Gasteiger partial charge >= 0.3 is 0 Å². The van der Waals surface area contributed by atoms with E-state index in [-0.39, 0.29) is 11.9 Å². The first-order valence-electron chi connectivity index (χ1n) is 6.57. The summed E-state index contributed by atoms with van der Waals surface area (Å²) in [6, 6.07) is 5.63. The van der Waals surface area contributed by atoms with Crippen LogP contribution < -0.4 is 10.1 Å². The van der Waals surface area contributed by atoms with Crippen LogP contribution in [0.3, 0.4) is 0 Å². The van der Waals surface area contributed by atoms with E-state index < -0.39 is 12.2 Å². The Morgan fingerprint density at radius 1 is 1.26 bits per heavy atom. The second kappa shape index (κ2) is 6.57. The minimum absolute atomic E-state index is 0.0767. The van der Waals surface area contributed by atoms with Gasteiger partial charge < -0.3 is 15.2 Å². The van der Waals surface area contributed by atoms with Crippen molar-refractivity contribution in [2.24, 2.45) is 0 Å². The van der Waals surface area contributed by atoms with Gasteiger partial charge in [-0.3, -0.25) is 4.79 Å². The van der Waals surface area contributed by atoms with E-state index in [9.17, 15) is 9.90 Å². The number of hydrogen-bond donors (Lipinski definition) is 2. The zero-order valence-corrected chi connectivity index (χ0v) is 12.2. The summed E-state index contributed by atoms with van der Waals surface area (Å²) in [4.78, 5) is 11.8. The number of nitrogens with one attached hydrogen (secondary N) is 1. The molecule has 0 saturated carbocycles. The fraction of sp³-hybridized carbons (Fsp3) is 0.533. The van der Waals surface area contributed by atoms with Gasteiger partial charge in [-0.1, -0.05) is 11.6 Å². The van der Waals surface area contributed by atoms with Gasteiger partial charge in [-0.25, -0.2) is 0 Å². The van der Waals surface area contributed by atoms with Crippen LogP contribution in [0, 0.1) is 6.92 Å². The fourth-order valence-corrected chi connectivity index (χ4v) is 1.75. The number of aryl methyl sites for hydroxylation is 1. The van der Waals surface area contributed by atoms with Crippen LogP contribution in [-0.4, -0.2) is 23.2 Å². The van der Waals surface area contributed by atoms with E-state index in [1.165, 1.54) is 0 Å². The summed E-state index contributed by atoms with van der Waals surface area (Å²) < 4.78 is 5.65. The highest BCUT2D eigenvalue weighted by molar-refractivity contribution is 5.80. The second-order valence-corrected chi connectivity index (χ2v) is 5.14. The van der Waals surface area contributed by atoms with E-state index >= 15 is 0 Å². The lowest BCUT2D eigenvalue weighted by atomic mass is 10.1. The van der Waals surface area contributed by atoms with Crippen molar-refractivity contribution < 1.29 is 14.6 Å². The Balaban J connectivity index is 2.84. The number of benzene rings is 1. The molecule has 0 radical (unpaired) electrons. The van der Waals surface area contributed by atoms with Crippen molar-refractivity contribution in [2.45, 2.75) is 52.9 Å². The summed E-state index contributed by atoms with van der Waals surface area (Å²) in [6.45, 7) is 9.13. The monoisotopic (exact) mass is 265 g/mol. The molecule has 0 aliphatic heterocycles. The van der Waals surface area contributed by atoms with Gasteiger partial charge in [-0.2, -0.15) is 0 Å². The Labute approximate surface area is 114 Å². The molecular weight excluding hydrogens is 242 g/mol. The van der Waals surface area contributed by atoms with Crippen molar-refractivity contribution in [1.29, 1.82) is 0 Å². The summed E-state index contributed by atoms with van der Waals surface area (Å²) in [7, 11) is 0. The molecule has 0 heterocycles. The van der Waals surface area contributed by atoms with Gasteiger partial charge in [-0.05, 0) is 46.8 Å². The zero-order chi connectivity index (χ0) is 14.6. The molecule has 0 saturated heterocycles. The van der Waals surface area contributed by atoms with Gasteiger partial charge in [0.05, 0.1) is 6.10 Å². The molecule has 0 aliphatic rings. The van der Waals surface area contributed by atoms with E-state index in [0.29, 0.717) is 11.3 Å². The van der Waals surface area contributed by atoms with Gasteiger partial charge in [0.2, 0.25) is 0 Å². The van der Waals surface area contributed by atoms with Crippen LogP contribution in [0.1, 0.15) is 44.9 Å². The summed E-state index contributed by atoms with van der Waals surface area (Å²) in [5, 5.41) is 12.5. The number of ether oxygens (including phenoxy) is 1. The molecule has 0 spiro atoms. The third-order valence-corrected chi connectivity index (χ3v) is 2.72. The molecule has 4 heteroatoms. The van der Waals surface area contributed by atoms with Crippen molar-refractivity contribution >= 4 is 5.91 Å². The number of carbonyl (C=O) groups is 1. The molecule has 2 atom stereocenters. The first-order valence-corrected chi connectivity index (χ1v) is 6.57. The SMILES string of the molecule is Cc1ccc(OC(C)C(=O)NC(C)C)c(C(C)O)c1. The second-order valence-electron chi connectivity index (χ2n) is 5.14. The molecule has 1 rings (SSSR count). The Morgan fingerprint density at radius 3 is 2.42 bits per heavy atom. The Bertz CT molecular complexity index is 441. The quantitative estimate of drug-likeness (QED) is 0.859. The Morgan fingerprint density at radius 2 is 1.89 bits per heavy atom. The van der Waals surface area contributed by atoms with E-state index in [1.54, 1.807) is 19.9 Å². The lowest BCUT2D eigenvalue weighted by Gasteiger charge is -2.19. The number of aliphatic hydroxyl groups excluding tert-OH is 1. The predicted molar refractivity (Wildman–Crippen MR) is 75.2 cm³/mol. The molecule has 0 fully saturated rings. The minimum Gasteiger partial charge on any atom is -0.481 e. The van der Waals surface area contributed by atoms with Crippen molar-refractivity contribution in [3.63, 3.8) is 0 Å². The number of hydrogen-bond acceptors (Lipinski definition) is 3. The van der Waals surface area contributed by atoms with Crippen molar-refractivity contribution in [3.05, 3.63) is 29.3 Å². The van der Waals surface area contributed by atoms with Crippen molar-refractivity contribution in [3.8, 4) is 5.75 Å². The molecule has 0 aliphatic carbocycles. The average molecular weight is 265 g/mol. The zero-order valence-electron chi connectivity index (χ0n) is 12.2. The highest BCUT2D eigenvalue weighted by Gasteiger charge is 2.18. The van der Waals surface area contributed by atoms with E-state index in [2.05, 4.69) is 5.32 Å². The van der Waals surface area contributed by atoms with Crippen LogP contribution in [0.5, 0.6) is 5.75 Å². The van der Waals surface area contributed by atoms with E-state index in [0.717, 1.165) is 5.56 Å². The van der Waals surface area contributed by atoms with Crippen LogP contribution in [-0.2, 0) is 4.79 Å². The number of carbonyl (C=O) groups excluding carboxylic acids is 1. The molecule has 4 nitrogen and oxygen atoms in total. The van der Waals surface area contributed by atoms with Crippen molar-refractivity contribution in [1.82, 2.24) is 5.32 Å². The maximum atomic E-state index is 11.8. The van der Waals surface area contributed by atoms with Gasteiger partial charge in [0.15, 0.2) is 6.10 Å². The first kappa shape index (κ1) is 15.5. The first-order chi connectivity index (χ1) is 8.81. The van der Waals surface area contributed by atoms with Crippen LogP contribution in [0.2, 0.25) is 0 Å². The van der Waals surface area contributed by atoms with Gasteiger partial charge in [-0.15, -0.1) is 0 Å². The summed E-state index contributed by atoms with van der Waals surface area (Å²) in [6.07, 6.45) is -1.22. The predicted octanol–water partition coefficient (Wildman–Crippen LogP) is 2.34. The number of aliphatic hydroxyl groups is 1. The highest BCUT2D eigenvalue weighted by Crippen LogP contribution is 2.27. The lowest BCUT2D eigenvalue weighted by Crippen LogP contribution is -2.40. The van der Waals surface area contributed by atoms with E-state index in [1.807, 2.05) is 32.9 Å². The highest BCUT2D eigenvalue weighted by atomic mass is 16.5. The smallest absolute Gasteiger partial charge is 0.260 e. The molecule has 1 aromatic carbocycles. The lowest BCUT2D eigenvalue weighted by molar-refractivity contribution is -0.127. The third kappa shape index (κ3) is 4.56. The Hall–Kier alpha value is -1.55. The minimum atomic E-state index is -0.629. The summed E-state index contributed by atoms with van der Waals surface area (Å²) in [5.74, 6) is 0.388. The topological polar surface area (TPSA) is 58.6 Å². The molecule has 0 bridgehead atoms. The van der Waals surface area contributed by atoms with Gasteiger partial charge in [0.1, 0.15) is 5.75 Å². The molecule has 2 unspecified atom stereocenters. The normalized spacial score (nSPS) is 14.1. The average Bonchev–Trinajstić information content (AvgIpc) is 2.30. The van der Waals surface area contributed by atoms with Gasteiger partial charge in [0, 0.05) is 11.6 Å².